The second-order valence-corrected chi connectivity index (χ2v) is 8.51. The first-order chi connectivity index (χ1) is 17.4. The van der Waals surface area contributed by atoms with Gasteiger partial charge in [-0.1, -0.05) is 36.4 Å². The summed E-state index contributed by atoms with van der Waals surface area (Å²) in [6, 6.07) is 19.5. The van der Waals surface area contributed by atoms with E-state index >= 15 is 0 Å². The maximum Gasteiger partial charge on any atom is 0.277 e. The summed E-state index contributed by atoms with van der Waals surface area (Å²) in [7, 11) is 0. The van der Waals surface area contributed by atoms with E-state index in [4.69, 9.17) is 17.2 Å². The number of primary amides is 2. The summed E-state index contributed by atoms with van der Waals surface area (Å²) in [5.74, 6) is -1.54. The van der Waals surface area contributed by atoms with Crippen molar-refractivity contribution < 1.29 is 14.4 Å². The predicted octanol–water partition coefficient (Wildman–Crippen LogP) is 2.40. The first-order valence-corrected chi connectivity index (χ1v) is 11.4. The number of rotatable bonds is 6. The average Bonchev–Trinajstić information content (AvgIpc) is 3.34. The Morgan fingerprint density at radius 1 is 0.944 bits per heavy atom. The van der Waals surface area contributed by atoms with Gasteiger partial charge in [-0.15, -0.1) is 0 Å². The summed E-state index contributed by atoms with van der Waals surface area (Å²) < 4.78 is 1.49. The first kappa shape index (κ1) is 23.0. The fourth-order valence-electron chi connectivity index (χ4n) is 4.59. The quantitative estimate of drug-likeness (QED) is 0.387. The highest BCUT2D eigenvalue weighted by molar-refractivity contribution is 6.11. The van der Waals surface area contributed by atoms with Gasteiger partial charge in [0, 0.05) is 24.2 Å². The molecule has 0 aliphatic carbocycles. The molecule has 0 radical (unpaired) electrons. The third-order valence-corrected chi connectivity index (χ3v) is 6.37. The molecule has 9 nitrogen and oxygen atoms in total. The molecular weight excluding hydrogens is 456 g/mol. The van der Waals surface area contributed by atoms with Crippen molar-refractivity contribution in [1.29, 1.82) is 0 Å². The van der Waals surface area contributed by atoms with Gasteiger partial charge in [-0.3, -0.25) is 14.4 Å². The van der Waals surface area contributed by atoms with E-state index in [-0.39, 0.29) is 11.5 Å². The standard InChI is InChI=1S/C27H24N6O3/c28-14-18-4-1-2-7-21(18)16-8-9-23(22(13-16)26(30)35)32-11-10-19-15-31-33(24(19)27(32)36)20-6-3-5-17(12-20)25(29)34/h1-9,12-13,15H,10-11,14,28H2,(H2,29,34)(H2,30,35). The van der Waals surface area contributed by atoms with Crippen LogP contribution in [-0.2, 0) is 13.0 Å². The van der Waals surface area contributed by atoms with Crippen molar-refractivity contribution in [3.8, 4) is 16.8 Å². The molecule has 1 aliphatic rings. The summed E-state index contributed by atoms with van der Waals surface area (Å²) in [6.45, 7) is 0.704. The number of anilines is 1. The van der Waals surface area contributed by atoms with Crippen LogP contribution < -0.4 is 22.1 Å². The number of hydrogen-bond acceptors (Lipinski definition) is 5. The first-order valence-electron chi connectivity index (χ1n) is 11.4. The zero-order chi connectivity index (χ0) is 25.4. The molecule has 1 aliphatic heterocycles. The topological polar surface area (TPSA) is 150 Å². The van der Waals surface area contributed by atoms with Crippen LogP contribution in [-0.4, -0.2) is 34.0 Å². The SMILES string of the molecule is NCc1ccccc1-c1ccc(N2CCc3cnn(-c4cccc(C(N)=O)c4)c3C2=O)c(C(N)=O)c1. The molecule has 9 heteroatoms. The number of benzene rings is 3. The Kier molecular flexibility index (Phi) is 5.83. The van der Waals surface area contributed by atoms with Crippen molar-refractivity contribution in [1.82, 2.24) is 9.78 Å². The third-order valence-electron chi connectivity index (χ3n) is 6.37. The zero-order valence-corrected chi connectivity index (χ0v) is 19.3. The normalized spacial score (nSPS) is 12.9. The number of hydrogen-bond donors (Lipinski definition) is 3. The number of carbonyl (C=O) groups is 3. The van der Waals surface area contributed by atoms with Crippen LogP contribution in [0.2, 0.25) is 0 Å². The van der Waals surface area contributed by atoms with Gasteiger partial charge in [-0.05, 0) is 53.4 Å². The lowest BCUT2D eigenvalue weighted by Gasteiger charge is -2.29. The lowest BCUT2D eigenvalue weighted by atomic mass is 9.96. The molecule has 1 aromatic heterocycles. The summed E-state index contributed by atoms with van der Waals surface area (Å²) in [4.78, 5) is 39.4. The van der Waals surface area contributed by atoms with Gasteiger partial charge < -0.3 is 22.1 Å². The zero-order valence-electron chi connectivity index (χ0n) is 19.3. The van der Waals surface area contributed by atoms with E-state index < -0.39 is 11.8 Å². The highest BCUT2D eigenvalue weighted by Crippen LogP contribution is 2.33. The molecule has 4 aromatic rings. The Labute approximate surface area is 207 Å². The van der Waals surface area contributed by atoms with Gasteiger partial charge >= 0.3 is 0 Å². The molecule has 3 amide bonds. The molecule has 6 N–H and O–H groups in total. The lowest BCUT2D eigenvalue weighted by molar-refractivity contribution is 0.0970. The van der Waals surface area contributed by atoms with Crippen LogP contribution >= 0.6 is 0 Å². The highest BCUT2D eigenvalue weighted by Gasteiger charge is 2.32. The minimum Gasteiger partial charge on any atom is -0.366 e. The lowest BCUT2D eigenvalue weighted by Crippen LogP contribution is -2.39. The van der Waals surface area contributed by atoms with Crippen LogP contribution in [0.1, 0.15) is 42.3 Å². The molecule has 0 saturated heterocycles. The van der Waals surface area contributed by atoms with E-state index in [0.717, 1.165) is 22.3 Å². The number of fused-ring (bicyclic) bond motifs is 1. The smallest absolute Gasteiger partial charge is 0.277 e. The Morgan fingerprint density at radius 2 is 1.75 bits per heavy atom. The molecule has 0 fully saturated rings. The molecule has 5 rings (SSSR count). The molecule has 0 unspecified atom stereocenters. The fourth-order valence-corrected chi connectivity index (χ4v) is 4.59. The molecule has 180 valence electrons. The number of carbonyl (C=O) groups excluding carboxylic acids is 3. The number of aromatic nitrogens is 2. The Bertz CT molecular complexity index is 1520. The molecule has 0 bridgehead atoms. The van der Waals surface area contributed by atoms with E-state index in [1.54, 1.807) is 42.6 Å². The van der Waals surface area contributed by atoms with Gasteiger partial charge in [0.1, 0.15) is 5.69 Å². The van der Waals surface area contributed by atoms with Crippen molar-refractivity contribution in [3.63, 3.8) is 0 Å². The molecule has 3 aromatic carbocycles. The monoisotopic (exact) mass is 480 g/mol. The van der Waals surface area contributed by atoms with Crippen LogP contribution in [0.4, 0.5) is 5.69 Å². The van der Waals surface area contributed by atoms with E-state index in [0.29, 0.717) is 42.1 Å². The second kappa shape index (κ2) is 9.12. The summed E-state index contributed by atoms with van der Waals surface area (Å²) >= 11 is 0. The van der Waals surface area contributed by atoms with Crippen LogP contribution in [0, 0.1) is 0 Å². The molecule has 0 saturated carbocycles. The van der Waals surface area contributed by atoms with E-state index in [2.05, 4.69) is 5.10 Å². The van der Waals surface area contributed by atoms with E-state index in [1.165, 1.54) is 9.58 Å². The van der Waals surface area contributed by atoms with Crippen LogP contribution in [0.5, 0.6) is 0 Å². The average molecular weight is 481 g/mol. The Hall–Kier alpha value is -4.76. The summed E-state index contributed by atoms with van der Waals surface area (Å²) in [6.07, 6.45) is 2.18. The fraction of sp³-hybridized carbons (Fsp3) is 0.111. The van der Waals surface area contributed by atoms with Gasteiger partial charge in [0.05, 0.1) is 23.1 Å². The minimum atomic E-state index is -0.640. The van der Waals surface area contributed by atoms with Crippen molar-refractivity contribution in [2.75, 3.05) is 11.4 Å². The molecule has 36 heavy (non-hydrogen) atoms. The molecule has 0 spiro atoms. The summed E-state index contributed by atoms with van der Waals surface area (Å²) in [5, 5.41) is 4.39. The Morgan fingerprint density at radius 3 is 2.50 bits per heavy atom. The molecular formula is C27H24N6O3. The van der Waals surface area contributed by atoms with Gasteiger partial charge in [-0.2, -0.15) is 5.10 Å². The van der Waals surface area contributed by atoms with Crippen molar-refractivity contribution in [2.45, 2.75) is 13.0 Å². The molecule has 0 atom stereocenters. The van der Waals surface area contributed by atoms with E-state index in [1.807, 2.05) is 30.3 Å². The van der Waals surface area contributed by atoms with E-state index in [9.17, 15) is 14.4 Å². The van der Waals surface area contributed by atoms with Gasteiger partial charge in [0.15, 0.2) is 0 Å². The van der Waals surface area contributed by atoms with Crippen LogP contribution in [0.15, 0.2) is 72.9 Å². The van der Waals surface area contributed by atoms with Crippen molar-refractivity contribution in [3.05, 3.63) is 101 Å². The molecule has 2 heterocycles. The predicted molar refractivity (Wildman–Crippen MR) is 136 cm³/mol. The Balaban J connectivity index is 1.57. The number of nitrogens with zero attached hydrogens (tertiary/aromatic N) is 3. The maximum atomic E-state index is 13.7. The summed E-state index contributed by atoms with van der Waals surface area (Å²) in [5.41, 5.74) is 22.3. The number of amides is 3. The van der Waals surface area contributed by atoms with Crippen LogP contribution in [0.25, 0.3) is 16.8 Å². The van der Waals surface area contributed by atoms with Crippen molar-refractivity contribution >= 4 is 23.4 Å². The van der Waals surface area contributed by atoms with Gasteiger partial charge in [0.25, 0.3) is 11.8 Å². The van der Waals surface area contributed by atoms with Crippen molar-refractivity contribution in [2.24, 2.45) is 17.2 Å². The van der Waals surface area contributed by atoms with Gasteiger partial charge in [-0.25, -0.2) is 4.68 Å². The van der Waals surface area contributed by atoms with Gasteiger partial charge in [0.2, 0.25) is 5.91 Å². The number of nitrogens with two attached hydrogens (primary N) is 3. The second-order valence-electron chi connectivity index (χ2n) is 8.51. The van der Waals surface area contributed by atoms with Crippen LogP contribution in [0.3, 0.4) is 0 Å². The third kappa shape index (κ3) is 3.91. The largest absolute Gasteiger partial charge is 0.366 e. The highest BCUT2D eigenvalue weighted by atomic mass is 16.2. The minimum absolute atomic E-state index is 0.234. The maximum absolute atomic E-state index is 13.7.